The standard InChI is InChI=1S/C19H31N4O15P/c1-21-11-7(25)4-19(17(30)31,37-15(11)12(27)8(26)5-24)38-39(33,34)35-6-9-13(28)14(29)16(36-9)23-3-2-10(20)22-18(23)32/h2-3,7-9,11-16,21,24-29H,4-6H2,1H3,(H,30,31)(H,33,34)(H2,20,22,32)/t7?,8-,9-,11?,12-,13?,14+,15?,16-,19?/m1/s1. The molecule has 1 aromatic rings. The van der Waals surface area contributed by atoms with Crippen LogP contribution < -0.4 is 16.7 Å². The number of nitrogens with zero attached hydrogens (tertiary/aromatic N) is 2. The average Bonchev–Trinajstić information content (AvgIpc) is 3.14. The van der Waals surface area contributed by atoms with Crippen molar-refractivity contribution in [3.05, 3.63) is 22.7 Å². The van der Waals surface area contributed by atoms with Gasteiger partial charge in [0.15, 0.2) is 6.23 Å². The smallest absolute Gasteiger partial charge is 0.475 e. The largest absolute Gasteiger partial charge is 0.477 e. The van der Waals surface area contributed by atoms with Crippen molar-refractivity contribution in [3.8, 4) is 0 Å². The van der Waals surface area contributed by atoms with Crippen LogP contribution in [0.5, 0.6) is 0 Å². The molecule has 0 radical (unpaired) electrons. The van der Waals surface area contributed by atoms with Crippen LogP contribution in [0, 0.1) is 0 Å². The van der Waals surface area contributed by atoms with Crippen LogP contribution in [0.25, 0.3) is 0 Å². The fourth-order valence-corrected chi connectivity index (χ4v) is 5.22. The Hall–Kier alpha value is -2.10. The summed E-state index contributed by atoms with van der Waals surface area (Å²) in [5.74, 6) is -5.21. The number of nitrogens with two attached hydrogens (primary N) is 1. The Morgan fingerprint density at radius 3 is 2.59 bits per heavy atom. The molecule has 2 aliphatic rings. The summed E-state index contributed by atoms with van der Waals surface area (Å²) >= 11 is 0. The van der Waals surface area contributed by atoms with Gasteiger partial charge in [-0.25, -0.2) is 18.7 Å². The van der Waals surface area contributed by atoms with Gasteiger partial charge in [-0.1, -0.05) is 0 Å². The van der Waals surface area contributed by atoms with Crippen molar-refractivity contribution in [2.45, 2.75) is 67.2 Å². The maximum absolute atomic E-state index is 12.7. The van der Waals surface area contributed by atoms with Crippen LogP contribution in [0.15, 0.2) is 17.1 Å². The Balaban J connectivity index is 1.76. The topological polar surface area (TPSA) is 306 Å². The van der Waals surface area contributed by atoms with E-state index in [1.807, 2.05) is 0 Å². The Morgan fingerprint density at radius 2 is 2.03 bits per heavy atom. The molecule has 39 heavy (non-hydrogen) atoms. The van der Waals surface area contributed by atoms with Crippen molar-refractivity contribution >= 4 is 19.6 Å². The zero-order valence-electron chi connectivity index (χ0n) is 20.3. The third-order valence-corrected chi connectivity index (χ3v) is 7.28. The number of ether oxygens (including phenoxy) is 2. The van der Waals surface area contributed by atoms with Gasteiger partial charge in [0.2, 0.25) is 0 Å². The summed E-state index contributed by atoms with van der Waals surface area (Å²) in [4.78, 5) is 37.9. The molecule has 11 N–H and O–H groups in total. The van der Waals surface area contributed by atoms with Gasteiger partial charge in [0, 0.05) is 12.6 Å². The maximum Gasteiger partial charge on any atom is 0.475 e. The second-order valence-corrected chi connectivity index (χ2v) is 10.3. The zero-order chi connectivity index (χ0) is 29.3. The number of phosphoric acid groups is 1. The number of rotatable bonds is 11. The number of carbonyl (C=O) groups is 1. The van der Waals surface area contributed by atoms with Crippen molar-refractivity contribution in [3.63, 3.8) is 0 Å². The molecular formula is C19H31N4O15P. The average molecular weight is 586 g/mol. The van der Waals surface area contributed by atoms with Gasteiger partial charge in [-0.2, -0.15) is 4.98 Å². The summed E-state index contributed by atoms with van der Waals surface area (Å²) in [5, 5.41) is 72.7. The van der Waals surface area contributed by atoms with Gasteiger partial charge in [-0.15, -0.1) is 0 Å². The normalized spacial score (nSPS) is 36.3. The van der Waals surface area contributed by atoms with E-state index in [0.717, 1.165) is 10.8 Å². The van der Waals surface area contributed by atoms with E-state index in [4.69, 9.17) is 29.4 Å². The van der Waals surface area contributed by atoms with E-state index in [9.17, 15) is 49.7 Å². The fraction of sp³-hybridized carbons (Fsp3) is 0.737. The molecule has 0 aromatic carbocycles. The molecule has 3 heterocycles. The fourth-order valence-electron chi connectivity index (χ4n) is 4.26. The van der Waals surface area contributed by atoms with Crippen LogP contribution in [0.4, 0.5) is 5.82 Å². The quantitative estimate of drug-likeness (QED) is 0.108. The van der Waals surface area contributed by atoms with Gasteiger partial charge >= 0.3 is 19.5 Å². The molecule has 0 amide bonds. The molecule has 11 atom stereocenters. The monoisotopic (exact) mass is 586 g/mol. The molecule has 222 valence electrons. The number of likely N-dealkylation sites (N-methyl/N-ethyl adjacent to an activating group) is 1. The molecule has 3 rings (SSSR count). The number of aliphatic carboxylic acids is 1. The SMILES string of the molecule is CNC1C(O)CC(OP(=O)(O)OC[C@H]2O[C@@H](n3ccc(N)nc3=O)[C@@H](O)C2O)(C(=O)O)OC1[C@H](O)[C@H](O)CO. The Bertz CT molecular complexity index is 1120. The van der Waals surface area contributed by atoms with Crippen molar-refractivity contribution < 1.29 is 68.5 Å². The van der Waals surface area contributed by atoms with Crippen LogP contribution in [-0.2, 0) is 27.9 Å². The van der Waals surface area contributed by atoms with Crippen LogP contribution in [0.3, 0.4) is 0 Å². The number of phosphoric ester groups is 1. The minimum atomic E-state index is -5.43. The molecule has 0 saturated carbocycles. The molecular weight excluding hydrogens is 555 g/mol. The molecule has 2 fully saturated rings. The number of hydrogen-bond donors (Lipinski definition) is 10. The second-order valence-electron chi connectivity index (χ2n) is 8.91. The van der Waals surface area contributed by atoms with E-state index < -0.39 is 99.9 Å². The minimum absolute atomic E-state index is 0.119. The van der Waals surface area contributed by atoms with E-state index >= 15 is 0 Å². The first kappa shape index (κ1) is 31.4. The first-order valence-corrected chi connectivity index (χ1v) is 12.9. The van der Waals surface area contributed by atoms with Crippen LogP contribution in [0.1, 0.15) is 12.6 Å². The van der Waals surface area contributed by atoms with Crippen LogP contribution >= 0.6 is 7.82 Å². The van der Waals surface area contributed by atoms with Gasteiger partial charge < -0.3 is 61.2 Å². The molecule has 2 aliphatic heterocycles. The lowest BCUT2D eigenvalue weighted by Gasteiger charge is -2.46. The Morgan fingerprint density at radius 1 is 1.36 bits per heavy atom. The highest BCUT2D eigenvalue weighted by Gasteiger charge is 2.58. The Kier molecular flexibility index (Phi) is 9.82. The Labute approximate surface area is 219 Å². The maximum atomic E-state index is 12.7. The van der Waals surface area contributed by atoms with E-state index in [0.29, 0.717) is 0 Å². The van der Waals surface area contributed by atoms with Gasteiger partial charge in [0.1, 0.15) is 42.4 Å². The summed E-state index contributed by atoms with van der Waals surface area (Å²) in [6.45, 7) is -1.93. The first-order chi connectivity index (χ1) is 18.2. The second kappa shape index (κ2) is 12.2. The minimum Gasteiger partial charge on any atom is -0.477 e. The summed E-state index contributed by atoms with van der Waals surface area (Å²) in [6.07, 6.45) is -13.6. The number of hydrogen-bond acceptors (Lipinski definition) is 16. The molecule has 1 aromatic heterocycles. The van der Waals surface area contributed by atoms with Crippen molar-refractivity contribution in [2.24, 2.45) is 0 Å². The van der Waals surface area contributed by atoms with Crippen molar-refractivity contribution in [1.29, 1.82) is 0 Å². The molecule has 0 aliphatic carbocycles. The molecule has 2 saturated heterocycles. The number of aromatic nitrogens is 2. The van der Waals surface area contributed by atoms with Gasteiger partial charge in [0.25, 0.3) is 5.79 Å². The number of carboxylic acid groups (broad SMARTS) is 1. The molecule has 0 bridgehead atoms. The molecule has 0 spiro atoms. The first-order valence-electron chi connectivity index (χ1n) is 11.4. The predicted octanol–water partition coefficient (Wildman–Crippen LogP) is -5.19. The summed E-state index contributed by atoms with van der Waals surface area (Å²) in [5.41, 5.74) is 4.48. The van der Waals surface area contributed by atoms with E-state index in [-0.39, 0.29) is 5.82 Å². The lowest BCUT2D eigenvalue weighted by Crippen LogP contribution is -2.66. The number of aliphatic hydroxyl groups is 6. The summed E-state index contributed by atoms with van der Waals surface area (Å²) in [6, 6.07) is 0.0124. The van der Waals surface area contributed by atoms with Gasteiger partial charge in [-0.05, 0) is 13.1 Å². The predicted molar refractivity (Wildman–Crippen MR) is 124 cm³/mol. The lowest BCUT2D eigenvalue weighted by atomic mass is 9.89. The summed E-state index contributed by atoms with van der Waals surface area (Å²) in [7, 11) is -4.11. The molecule has 6 unspecified atom stereocenters. The van der Waals surface area contributed by atoms with E-state index in [2.05, 4.69) is 10.3 Å². The zero-order valence-corrected chi connectivity index (χ0v) is 21.2. The van der Waals surface area contributed by atoms with Crippen molar-refractivity contribution in [2.75, 3.05) is 26.0 Å². The molecule has 20 heteroatoms. The lowest BCUT2D eigenvalue weighted by molar-refractivity contribution is -0.289. The number of carboxylic acids is 1. The van der Waals surface area contributed by atoms with E-state index in [1.165, 1.54) is 13.1 Å². The summed E-state index contributed by atoms with van der Waals surface area (Å²) < 4.78 is 33.8. The highest BCUT2D eigenvalue weighted by molar-refractivity contribution is 7.47. The van der Waals surface area contributed by atoms with Gasteiger partial charge in [0.05, 0.1) is 25.4 Å². The third kappa shape index (κ3) is 6.63. The number of aliphatic hydroxyl groups excluding tert-OH is 6. The molecule has 19 nitrogen and oxygen atoms in total. The van der Waals surface area contributed by atoms with Crippen LogP contribution in [-0.4, -0.2) is 131 Å². The highest BCUT2D eigenvalue weighted by Crippen LogP contribution is 2.51. The third-order valence-electron chi connectivity index (χ3n) is 6.28. The highest BCUT2D eigenvalue weighted by atomic mass is 31.2. The number of anilines is 1. The number of nitrogen functional groups attached to an aromatic ring is 1. The van der Waals surface area contributed by atoms with Crippen LogP contribution in [0.2, 0.25) is 0 Å². The van der Waals surface area contributed by atoms with Gasteiger partial charge in [-0.3, -0.25) is 9.09 Å². The van der Waals surface area contributed by atoms with Crippen molar-refractivity contribution in [1.82, 2.24) is 14.9 Å². The van der Waals surface area contributed by atoms with E-state index in [1.54, 1.807) is 0 Å². The number of nitrogens with one attached hydrogen (secondary N) is 1.